The van der Waals surface area contributed by atoms with Crippen LogP contribution in [0.3, 0.4) is 0 Å². The van der Waals surface area contributed by atoms with E-state index >= 15 is 0 Å². The Morgan fingerprint density at radius 2 is 1.68 bits per heavy atom. The first-order chi connectivity index (χ1) is 10.5. The van der Waals surface area contributed by atoms with Crippen molar-refractivity contribution in [3.8, 4) is 11.1 Å². The van der Waals surface area contributed by atoms with Crippen LogP contribution < -0.4 is 5.56 Å². The van der Waals surface area contributed by atoms with Gasteiger partial charge < -0.3 is 4.98 Å². The number of H-pyrrole nitrogens is 1. The summed E-state index contributed by atoms with van der Waals surface area (Å²) < 4.78 is 0. The van der Waals surface area contributed by atoms with Gasteiger partial charge in [0.25, 0.3) is 5.56 Å². The van der Waals surface area contributed by atoms with E-state index in [4.69, 9.17) is 0 Å². The summed E-state index contributed by atoms with van der Waals surface area (Å²) in [5, 5.41) is 0.897. The van der Waals surface area contributed by atoms with E-state index in [0.717, 1.165) is 33.2 Å². The first-order valence-electron chi connectivity index (χ1n) is 7.22. The molecule has 0 atom stereocenters. The predicted molar refractivity (Wildman–Crippen MR) is 89.5 cm³/mol. The number of hydrogen-bond acceptors (Lipinski definition) is 2. The lowest BCUT2D eigenvalue weighted by molar-refractivity contribution is 0.101. The molecule has 0 saturated carbocycles. The molecule has 1 N–H and O–H groups in total. The van der Waals surface area contributed by atoms with E-state index in [1.807, 2.05) is 56.3 Å². The molecule has 0 radical (unpaired) electrons. The van der Waals surface area contributed by atoms with Gasteiger partial charge in [-0.15, -0.1) is 0 Å². The SMILES string of the molecule is CC(=O)c1c(-c2ccc(C)cc2)c2cccc(C)c2[nH]c1=O. The third-order valence-corrected chi connectivity index (χ3v) is 3.95. The second-order valence-corrected chi connectivity index (χ2v) is 5.62. The minimum absolute atomic E-state index is 0.222. The first kappa shape index (κ1) is 14.3. The summed E-state index contributed by atoms with van der Waals surface area (Å²) in [6, 6.07) is 13.7. The van der Waals surface area contributed by atoms with E-state index in [0.29, 0.717) is 0 Å². The number of benzene rings is 2. The van der Waals surface area contributed by atoms with Crippen molar-refractivity contribution in [1.82, 2.24) is 4.98 Å². The summed E-state index contributed by atoms with van der Waals surface area (Å²) in [4.78, 5) is 27.3. The highest BCUT2D eigenvalue weighted by atomic mass is 16.1. The number of aromatic amines is 1. The summed E-state index contributed by atoms with van der Waals surface area (Å²) >= 11 is 0. The Labute approximate surface area is 128 Å². The number of carbonyl (C=O) groups is 1. The van der Waals surface area contributed by atoms with Gasteiger partial charge in [0.05, 0.1) is 11.1 Å². The van der Waals surface area contributed by atoms with Crippen molar-refractivity contribution in [3.63, 3.8) is 0 Å². The number of hydrogen-bond donors (Lipinski definition) is 1. The summed E-state index contributed by atoms with van der Waals surface area (Å²) in [5.74, 6) is -0.222. The lowest BCUT2D eigenvalue weighted by Gasteiger charge is -2.12. The van der Waals surface area contributed by atoms with Crippen LogP contribution in [0, 0.1) is 13.8 Å². The average Bonchev–Trinajstić information content (AvgIpc) is 2.47. The standard InChI is InChI=1S/C19H17NO2/c1-11-7-9-14(10-8-11)17-15-6-4-5-12(2)18(15)20-19(22)16(17)13(3)21/h4-10H,1-3H3,(H,20,22). The molecule has 0 saturated heterocycles. The molecule has 1 heterocycles. The molecule has 3 rings (SSSR count). The molecule has 0 unspecified atom stereocenters. The number of aromatic nitrogens is 1. The van der Waals surface area contributed by atoms with Gasteiger partial charge in [0.2, 0.25) is 0 Å². The summed E-state index contributed by atoms with van der Waals surface area (Å²) in [6.07, 6.45) is 0. The fourth-order valence-electron chi connectivity index (χ4n) is 2.82. The number of nitrogens with one attached hydrogen (secondary N) is 1. The lowest BCUT2D eigenvalue weighted by Crippen LogP contribution is -2.18. The van der Waals surface area contributed by atoms with Crippen LogP contribution in [0.5, 0.6) is 0 Å². The second kappa shape index (κ2) is 5.26. The molecule has 2 aromatic carbocycles. The highest BCUT2D eigenvalue weighted by Crippen LogP contribution is 2.31. The Morgan fingerprint density at radius 1 is 1.00 bits per heavy atom. The number of pyridine rings is 1. The fraction of sp³-hybridized carbons (Fsp3) is 0.158. The third kappa shape index (κ3) is 2.25. The van der Waals surface area contributed by atoms with Crippen LogP contribution in [0.2, 0.25) is 0 Å². The fourth-order valence-corrected chi connectivity index (χ4v) is 2.82. The van der Waals surface area contributed by atoms with E-state index in [1.54, 1.807) is 0 Å². The Balaban J connectivity index is 2.51. The number of ketones is 1. The Hall–Kier alpha value is -2.68. The van der Waals surface area contributed by atoms with Crippen molar-refractivity contribution in [2.75, 3.05) is 0 Å². The highest BCUT2D eigenvalue weighted by molar-refractivity contribution is 6.09. The minimum atomic E-state index is -0.329. The topological polar surface area (TPSA) is 49.9 Å². The molecule has 0 aliphatic rings. The number of Topliss-reactive ketones (excluding diaryl/α,β-unsaturated/α-hetero) is 1. The average molecular weight is 291 g/mol. The molecular weight excluding hydrogens is 274 g/mol. The van der Waals surface area contributed by atoms with Crippen molar-refractivity contribution in [1.29, 1.82) is 0 Å². The van der Waals surface area contributed by atoms with E-state index in [9.17, 15) is 9.59 Å². The van der Waals surface area contributed by atoms with Crippen LogP contribution in [0.4, 0.5) is 0 Å². The zero-order chi connectivity index (χ0) is 15.9. The van der Waals surface area contributed by atoms with Crippen LogP contribution in [0.1, 0.15) is 28.4 Å². The summed E-state index contributed by atoms with van der Waals surface area (Å²) in [6.45, 7) is 5.39. The zero-order valence-corrected chi connectivity index (χ0v) is 12.9. The molecule has 22 heavy (non-hydrogen) atoms. The Morgan fingerprint density at radius 3 is 2.32 bits per heavy atom. The van der Waals surface area contributed by atoms with Gasteiger partial charge >= 0.3 is 0 Å². The van der Waals surface area contributed by atoms with Crippen LogP contribution in [-0.2, 0) is 0 Å². The normalized spacial score (nSPS) is 10.9. The van der Waals surface area contributed by atoms with Crippen LogP contribution in [0.15, 0.2) is 47.3 Å². The van der Waals surface area contributed by atoms with Gasteiger partial charge in [0, 0.05) is 10.9 Å². The molecule has 0 spiro atoms. The smallest absolute Gasteiger partial charge is 0.259 e. The van der Waals surface area contributed by atoms with E-state index in [2.05, 4.69) is 4.98 Å². The molecule has 1 aromatic heterocycles. The van der Waals surface area contributed by atoms with Gasteiger partial charge in [-0.1, -0.05) is 48.0 Å². The van der Waals surface area contributed by atoms with Crippen molar-refractivity contribution in [3.05, 3.63) is 69.5 Å². The van der Waals surface area contributed by atoms with Gasteiger partial charge in [0.1, 0.15) is 0 Å². The molecule has 0 fully saturated rings. The van der Waals surface area contributed by atoms with Crippen molar-refractivity contribution < 1.29 is 4.79 Å². The van der Waals surface area contributed by atoms with Crippen molar-refractivity contribution in [2.24, 2.45) is 0 Å². The van der Waals surface area contributed by atoms with Crippen molar-refractivity contribution >= 4 is 16.7 Å². The summed E-state index contributed by atoms with van der Waals surface area (Å²) in [5.41, 5.74) is 4.41. The molecule has 0 bridgehead atoms. The van der Waals surface area contributed by atoms with Crippen LogP contribution in [-0.4, -0.2) is 10.8 Å². The van der Waals surface area contributed by atoms with Gasteiger partial charge in [0.15, 0.2) is 5.78 Å². The van der Waals surface area contributed by atoms with E-state index in [-0.39, 0.29) is 16.9 Å². The predicted octanol–water partition coefficient (Wildman–Crippen LogP) is 4.01. The number of rotatable bonds is 2. The van der Waals surface area contributed by atoms with Crippen LogP contribution >= 0.6 is 0 Å². The maximum atomic E-state index is 12.4. The molecule has 3 heteroatoms. The maximum Gasteiger partial charge on any atom is 0.259 e. The molecule has 3 nitrogen and oxygen atoms in total. The molecule has 0 aliphatic heterocycles. The molecule has 3 aromatic rings. The van der Waals surface area contributed by atoms with E-state index < -0.39 is 0 Å². The quantitative estimate of drug-likeness (QED) is 0.725. The first-order valence-corrected chi connectivity index (χ1v) is 7.22. The second-order valence-electron chi connectivity index (χ2n) is 5.62. The monoisotopic (exact) mass is 291 g/mol. The van der Waals surface area contributed by atoms with E-state index in [1.165, 1.54) is 6.92 Å². The highest BCUT2D eigenvalue weighted by Gasteiger charge is 2.18. The largest absolute Gasteiger partial charge is 0.321 e. The molecule has 0 aliphatic carbocycles. The maximum absolute atomic E-state index is 12.4. The van der Waals surface area contributed by atoms with Gasteiger partial charge in [-0.05, 0) is 31.9 Å². The third-order valence-electron chi connectivity index (χ3n) is 3.95. The Kier molecular flexibility index (Phi) is 3.41. The number of fused-ring (bicyclic) bond motifs is 1. The Bertz CT molecular complexity index is 934. The molecule has 110 valence electrons. The van der Waals surface area contributed by atoms with Crippen LogP contribution in [0.25, 0.3) is 22.0 Å². The van der Waals surface area contributed by atoms with Gasteiger partial charge in [-0.3, -0.25) is 9.59 Å². The van der Waals surface area contributed by atoms with Gasteiger partial charge in [-0.25, -0.2) is 0 Å². The number of carbonyl (C=O) groups excluding carboxylic acids is 1. The lowest BCUT2D eigenvalue weighted by atomic mass is 9.93. The molecule has 0 amide bonds. The zero-order valence-electron chi connectivity index (χ0n) is 12.9. The van der Waals surface area contributed by atoms with Gasteiger partial charge in [-0.2, -0.15) is 0 Å². The molecular formula is C19H17NO2. The number of aryl methyl sites for hydroxylation is 2. The minimum Gasteiger partial charge on any atom is -0.321 e. The number of para-hydroxylation sites is 1. The van der Waals surface area contributed by atoms with Crippen molar-refractivity contribution in [2.45, 2.75) is 20.8 Å². The summed E-state index contributed by atoms with van der Waals surface area (Å²) in [7, 11) is 0.